The van der Waals surface area contributed by atoms with Crippen molar-refractivity contribution in [3.63, 3.8) is 0 Å². The van der Waals surface area contributed by atoms with E-state index in [0.29, 0.717) is 16.5 Å². The molecule has 15 heavy (non-hydrogen) atoms. The second-order valence-electron chi connectivity index (χ2n) is 2.78. The first kappa shape index (κ1) is 12.8. The van der Waals surface area contributed by atoms with E-state index in [1.807, 2.05) is 0 Å². The van der Waals surface area contributed by atoms with Gasteiger partial charge in [0, 0.05) is 10.9 Å². The van der Waals surface area contributed by atoms with Crippen LogP contribution >= 0.6 is 39.1 Å². The van der Waals surface area contributed by atoms with E-state index in [9.17, 15) is 4.79 Å². The molecule has 0 aromatic heterocycles. The normalized spacial score (nSPS) is 10.1. The number of hydrogen-bond donors (Lipinski definition) is 0. The van der Waals surface area contributed by atoms with Crippen molar-refractivity contribution < 1.29 is 9.53 Å². The van der Waals surface area contributed by atoms with E-state index < -0.39 is 5.97 Å². The van der Waals surface area contributed by atoms with Crippen LogP contribution in [0.25, 0.3) is 0 Å². The molecule has 1 radical (unpaired) electrons. The van der Waals surface area contributed by atoms with Gasteiger partial charge in [-0.3, -0.25) is 4.79 Å². The van der Waals surface area contributed by atoms with Gasteiger partial charge in [-0.05, 0) is 18.6 Å². The smallest absolute Gasteiger partial charge is 0.311 e. The van der Waals surface area contributed by atoms with Crippen LogP contribution in [-0.4, -0.2) is 5.97 Å². The van der Waals surface area contributed by atoms with Crippen LogP contribution in [0.5, 0.6) is 5.75 Å². The Labute approximate surface area is 107 Å². The lowest BCUT2D eigenvalue weighted by Gasteiger charge is -2.07. The molecule has 2 nitrogen and oxygen atoms in total. The average molecular weight is 311 g/mol. The van der Waals surface area contributed by atoms with Crippen LogP contribution in [0.1, 0.15) is 12.8 Å². The number of rotatable bonds is 3. The average Bonchev–Trinajstić information content (AvgIpc) is 2.11. The Bertz CT molecular complexity index is 357. The molecule has 0 saturated heterocycles. The molecule has 5 heteroatoms. The minimum Gasteiger partial charge on any atom is -0.423 e. The largest absolute Gasteiger partial charge is 0.423 e. The van der Waals surface area contributed by atoms with E-state index in [-0.39, 0.29) is 12.2 Å². The van der Waals surface area contributed by atoms with Crippen LogP contribution in [0.3, 0.4) is 0 Å². The third-order valence-electron chi connectivity index (χ3n) is 1.56. The zero-order chi connectivity index (χ0) is 11.4. The van der Waals surface area contributed by atoms with E-state index in [1.165, 1.54) is 0 Å². The van der Waals surface area contributed by atoms with E-state index >= 15 is 0 Å². The van der Waals surface area contributed by atoms with Crippen molar-refractivity contribution in [2.75, 3.05) is 0 Å². The van der Waals surface area contributed by atoms with Crippen LogP contribution in [-0.2, 0) is 4.79 Å². The van der Waals surface area contributed by atoms with Crippen molar-refractivity contribution >= 4 is 45.1 Å². The fraction of sp³-hybridized carbons (Fsp3) is 0.200. The van der Waals surface area contributed by atoms with Crippen LogP contribution < -0.4 is 4.74 Å². The van der Waals surface area contributed by atoms with Crippen molar-refractivity contribution in [3.05, 3.63) is 33.6 Å². The lowest BCUT2D eigenvalue weighted by molar-refractivity contribution is -0.134. The monoisotopic (exact) mass is 309 g/mol. The van der Waals surface area contributed by atoms with Gasteiger partial charge in [0.05, 0.1) is 10.0 Å². The van der Waals surface area contributed by atoms with Crippen molar-refractivity contribution in [3.8, 4) is 5.75 Å². The summed E-state index contributed by atoms with van der Waals surface area (Å²) in [6.07, 6.45) is 0.716. The first-order valence-electron chi connectivity index (χ1n) is 4.19. The van der Waals surface area contributed by atoms with Gasteiger partial charge in [-0.25, -0.2) is 0 Å². The number of halogens is 3. The van der Waals surface area contributed by atoms with Gasteiger partial charge in [0.15, 0.2) is 5.75 Å². The summed E-state index contributed by atoms with van der Waals surface area (Å²) >= 11 is 15.0. The third kappa shape index (κ3) is 3.67. The molecule has 0 heterocycles. The van der Waals surface area contributed by atoms with Crippen LogP contribution in [0.2, 0.25) is 10.0 Å². The minimum absolute atomic E-state index is 0.194. The Morgan fingerprint density at radius 2 is 1.93 bits per heavy atom. The first-order chi connectivity index (χ1) is 7.04. The van der Waals surface area contributed by atoms with Gasteiger partial charge in [-0.2, -0.15) is 0 Å². The number of hydrogen-bond acceptors (Lipinski definition) is 2. The van der Waals surface area contributed by atoms with Crippen molar-refractivity contribution in [1.29, 1.82) is 0 Å². The van der Waals surface area contributed by atoms with E-state index in [2.05, 4.69) is 22.9 Å². The van der Waals surface area contributed by atoms with E-state index in [0.717, 1.165) is 4.47 Å². The summed E-state index contributed by atoms with van der Waals surface area (Å²) in [5.41, 5.74) is 0. The fourth-order valence-electron chi connectivity index (χ4n) is 0.936. The summed E-state index contributed by atoms with van der Waals surface area (Å²) in [7, 11) is 0. The molecule has 1 aromatic carbocycles. The van der Waals surface area contributed by atoms with Gasteiger partial charge in [-0.15, -0.1) is 0 Å². The summed E-state index contributed by atoms with van der Waals surface area (Å²) in [4.78, 5) is 11.2. The van der Waals surface area contributed by atoms with Gasteiger partial charge >= 0.3 is 5.97 Å². The summed E-state index contributed by atoms with van der Waals surface area (Å²) in [6, 6.07) is 3.22. The highest BCUT2D eigenvalue weighted by Crippen LogP contribution is 2.36. The van der Waals surface area contributed by atoms with Crippen molar-refractivity contribution in [2.24, 2.45) is 0 Å². The van der Waals surface area contributed by atoms with E-state index in [1.54, 1.807) is 12.1 Å². The zero-order valence-corrected chi connectivity index (χ0v) is 10.8. The SMILES string of the molecule is [CH2]CCC(=O)Oc1c(Cl)cc(Br)cc1Cl. The third-order valence-corrected chi connectivity index (χ3v) is 2.58. The Kier molecular flexibility index (Phi) is 4.90. The molecule has 0 aliphatic heterocycles. The Morgan fingerprint density at radius 3 is 2.40 bits per heavy atom. The number of carbonyl (C=O) groups excluding carboxylic acids is 1. The Balaban J connectivity index is 2.90. The van der Waals surface area contributed by atoms with Gasteiger partial charge in [0.2, 0.25) is 0 Å². The summed E-state index contributed by atoms with van der Waals surface area (Å²) in [5, 5.41) is 0.596. The molecule has 0 N–H and O–H groups in total. The number of ether oxygens (including phenoxy) is 1. The number of carbonyl (C=O) groups is 1. The molecular weight excluding hydrogens is 303 g/mol. The summed E-state index contributed by atoms with van der Waals surface area (Å²) in [6.45, 7) is 3.55. The standard InChI is InChI=1S/C10H8BrCl2O2/c1-2-3-9(14)15-10-7(12)4-6(11)5-8(10)13/h4-5H,1-3H2. The molecule has 0 bridgehead atoms. The van der Waals surface area contributed by atoms with Gasteiger partial charge in [0.1, 0.15) is 0 Å². The molecule has 0 atom stereocenters. The Morgan fingerprint density at radius 1 is 1.40 bits per heavy atom. The summed E-state index contributed by atoms with van der Waals surface area (Å²) < 4.78 is 5.74. The first-order valence-corrected chi connectivity index (χ1v) is 5.74. The van der Waals surface area contributed by atoms with Crippen LogP contribution in [0.15, 0.2) is 16.6 Å². The number of esters is 1. The molecule has 1 rings (SSSR count). The topological polar surface area (TPSA) is 26.3 Å². The minimum atomic E-state index is -0.392. The molecule has 0 saturated carbocycles. The lowest BCUT2D eigenvalue weighted by Crippen LogP contribution is -2.07. The van der Waals surface area contributed by atoms with Gasteiger partial charge in [-0.1, -0.05) is 46.1 Å². The van der Waals surface area contributed by atoms with Crippen molar-refractivity contribution in [1.82, 2.24) is 0 Å². The molecule has 0 amide bonds. The van der Waals surface area contributed by atoms with Gasteiger partial charge < -0.3 is 4.74 Å². The van der Waals surface area contributed by atoms with Gasteiger partial charge in [0.25, 0.3) is 0 Å². The highest BCUT2D eigenvalue weighted by molar-refractivity contribution is 9.10. The van der Waals surface area contributed by atoms with E-state index in [4.69, 9.17) is 27.9 Å². The summed E-state index contributed by atoms with van der Waals surface area (Å²) in [5.74, 6) is -0.198. The fourth-order valence-corrected chi connectivity index (χ4v) is 2.22. The molecule has 0 aliphatic carbocycles. The number of benzene rings is 1. The second kappa shape index (κ2) is 5.73. The zero-order valence-electron chi connectivity index (χ0n) is 7.73. The van der Waals surface area contributed by atoms with Crippen LogP contribution in [0, 0.1) is 6.92 Å². The maximum Gasteiger partial charge on any atom is 0.311 e. The molecule has 0 aliphatic rings. The quantitative estimate of drug-likeness (QED) is 0.615. The molecule has 81 valence electrons. The molecule has 1 aromatic rings. The highest BCUT2D eigenvalue weighted by Gasteiger charge is 2.12. The maximum atomic E-state index is 11.2. The van der Waals surface area contributed by atoms with Crippen molar-refractivity contribution in [2.45, 2.75) is 12.8 Å². The predicted molar refractivity (Wildman–Crippen MR) is 64.4 cm³/mol. The molecular formula is C10H8BrCl2O2. The lowest BCUT2D eigenvalue weighted by atomic mass is 10.3. The Hall–Kier alpha value is -0.250. The predicted octanol–water partition coefficient (Wildman–Crippen LogP) is 4.28. The maximum absolute atomic E-state index is 11.2. The molecule has 0 fully saturated rings. The molecule has 0 spiro atoms. The highest BCUT2D eigenvalue weighted by atomic mass is 79.9. The molecule has 0 unspecified atom stereocenters. The second-order valence-corrected chi connectivity index (χ2v) is 4.51. The van der Waals surface area contributed by atoms with Crippen LogP contribution in [0.4, 0.5) is 0 Å².